The van der Waals surface area contributed by atoms with Crippen molar-refractivity contribution in [2.75, 3.05) is 24.5 Å². The standard InChI is InChI=1S/C29H35N3O5S/c1-5-25(29(34)30-6-2)31(20-23-13-9-7-10-14-23)28(33)21-32(26-19-22(3)17-18-27(26)37-4)38(35,36)24-15-11-8-12-16-24/h7-19,25H,5-6,20-21H2,1-4H3,(H,30,34)/t25-/m1/s1. The summed E-state index contributed by atoms with van der Waals surface area (Å²) in [5.41, 5.74) is 1.88. The number of carbonyl (C=O) groups excluding carboxylic acids is 2. The molecule has 0 spiro atoms. The van der Waals surface area contributed by atoms with Crippen molar-refractivity contribution in [3.63, 3.8) is 0 Å². The van der Waals surface area contributed by atoms with Crippen LogP contribution < -0.4 is 14.4 Å². The van der Waals surface area contributed by atoms with Crippen LogP contribution in [0.25, 0.3) is 0 Å². The zero-order chi connectivity index (χ0) is 27.7. The largest absolute Gasteiger partial charge is 0.495 e. The molecule has 3 aromatic carbocycles. The molecule has 3 rings (SSSR count). The Morgan fingerprint density at radius 1 is 0.947 bits per heavy atom. The summed E-state index contributed by atoms with van der Waals surface area (Å²) in [6.07, 6.45) is 0.365. The average Bonchev–Trinajstić information content (AvgIpc) is 2.92. The second kappa shape index (κ2) is 13.1. The number of methoxy groups -OCH3 is 1. The third-order valence-electron chi connectivity index (χ3n) is 6.15. The molecule has 1 atom stereocenters. The Morgan fingerprint density at radius 2 is 1.58 bits per heavy atom. The molecule has 0 radical (unpaired) electrons. The van der Waals surface area contributed by atoms with Crippen LogP contribution in [0.15, 0.2) is 83.8 Å². The average molecular weight is 538 g/mol. The van der Waals surface area contributed by atoms with Gasteiger partial charge >= 0.3 is 0 Å². The molecule has 0 unspecified atom stereocenters. The van der Waals surface area contributed by atoms with Gasteiger partial charge in [-0.25, -0.2) is 8.42 Å². The quantitative estimate of drug-likeness (QED) is 0.375. The summed E-state index contributed by atoms with van der Waals surface area (Å²) in [4.78, 5) is 28.5. The lowest BCUT2D eigenvalue weighted by Crippen LogP contribution is -2.52. The normalized spacial score (nSPS) is 11.9. The zero-order valence-corrected chi connectivity index (χ0v) is 23.1. The lowest BCUT2D eigenvalue weighted by Gasteiger charge is -2.33. The van der Waals surface area contributed by atoms with Crippen LogP contribution in [0.3, 0.4) is 0 Å². The molecule has 0 aromatic heterocycles. The van der Waals surface area contributed by atoms with Gasteiger partial charge in [-0.3, -0.25) is 13.9 Å². The first-order valence-electron chi connectivity index (χ1n) is 12.6. The van der Waals surface area contributed by atoms with Crippen LogP contribution in [0.5, 0.6) is 5.75 Å². The monoisotopic (exact) mass is 537 g/mol. The van der Waals surface area contributed by atoms with Gasteiger partial charge < -0.3 is 15.0 Å². The number of rotatable bonds is 12. The van der Waals surface area contributed by atoms with E-state index in [1.165, 1.54) is 24.1 Å². The summed E-state index contributed by atoms with van der Waals surface area (Å²) in [7, 11) is -2.71. The number of carbonyl (C=O) groups is 2. The number of hydrogen-bond acceptors (Lipinski definition) is 5. The summed E-state index contributed by atoms with van der Waals surface area (Å²) in [6, 6.07) is 21.7. The van der Waals surface area contributed by atoms with Gasteiger partial charge in [-0.15, -0.1) is 0 Å². The fourth-order valence-corrected chi connectivity index (χ4v) is 5.66. The van der Waals surface area contributed by atoms with Gasteiger partial charge in [-0.2, -0.15) is 0 Å². The van der Waals surface area contributed by atoms with Gasteiger partial charge in [-0.1, -0.05) is 61.5 Å². The Balaban J connectivity index is 2.11. The summed E-state index contributed by atoms with van der Waals surface area (Å²) in [5, 5.41) is 2.80. The van der Waals surface area contributed by atoms with Crippen molar-refractivity contribution in [1.29, 1.82) is 0 Å². The van der Waals surface area contributed by atoms with E-state index in [1.807, 2.05) is 51.1 Å². The molecule has 0 saturated heterocycles. The Hall–Kier alpha value is -3.85. The maximum atomic E-state index is 14.0. The van der Waals surface area contributed by atoms with E-state index in [4.69, 9.17) is 4.74 Å². The molecule has 0 fully saturated rings. The first-order valence-corrected chi connectivity index (χ1v) is 14.0. The van der Waals surface area contributed by atoms with Crippen molar-refractivity contribution < 1.29 is 22.7 Å². The minimum Gasteiger partial charge on any atom is -0.495 e. The van der Waals surface area contributed by atoms with E-state index in [9.17, 15) is 18.0 Å². The molecular weight excluding hydrogens is 502 g/mol. The van der Waals surface area contributed by atoms with E-state index in [0.29, 0.717) is 18.7 Å². The van der Waals surface area contributed by atoms with Crippen LogP contribution in [0, 0.1) is 6.92 Å². The van der Waals surface area contributed by atoms with Crippen molar-refractivity contribution in [1.82, 2.24) is 10.2 Å². The van der Waals surface area contributed by atoms with E-state index in [-0.39, 0.29) is 23.0 Å². The smallest absolute Gasteiger partial charge is 0.264 e. The van der Waals surface area contributed by atoms with Crippen LogP contribution in [0.1, 0.15) is 31.4 Å². The maximum absolute atomic E-state index is 14.0. The molecule has 0 aliphatic carbocycles. The highest BCUT2D eigenvalue weighted by Crippen LogP contribution is 2.33. The number of amides is 2. The third-order valence-corrected chi connectivity index (χ3v) is 7.92. The highest BCUT2D eigenvalue weighted by Gasteiger charge is 2.34. The Labute approximate surface area is 225 Å². The molecule has 0 heterocycles. The van der Waals surface area contributed by atoms with Gasteiger partial charge in [0.1, 0.15) is 18.3 Å². The van der Waals surface area contributed by atoms with Crippen molar-refractivity contribution in [2.45, 2.75) is 44.7 Å². The van der Waals surface area contributed by atoms with E-state index in [1.54, 1.807) is 36.4 Å². The fourth-order valence-electron chi connectivity index (χ4n) is 4.22. The highest BCUT2D eigenvalue weighted by atomic mass is 32.2. The number of ether oxygens (including phenoxy) is 1. The highest BCUT2D eigenvalue weighted by molar-refractivity contribution is 7.92. The molecule has 0 bridgehead atoms. The number of aryl methyl sites for hydroxylation is 1. The minimum atomic E-state index is -4.16. The van der Waals surface area contributed by atoms with E-state index < -0.39 is 28.5 Å². The van der Waals surface area contributed by atoms with Crippen LogP contribution in [0.2, 0.25) is 0 Å². The maximum Gasteiger partial charge on any atom is 0.264 e. The van der Waals surface area contributed by atoms with Crippen LogP contribution >= 0.6 is 0 Å². The van der Waals surface area contributed by atoms with Crippen LogP contribution in [0.4, 0.5) is 5.69 Å². The Morgan fingerprint density at radius 3 is 2.16 bits per heavy atom. The first-order chi connectivity index (χ1) is 18.2. The number of anilines is 1. The molecule has 0 aliphatic rings. The second-order valence-corrected chi connectivity index (χ2v) is 10.7. The fraction of sp³-hybridized carbons (Fsp3) is 0.310. The topological polar surface area (TPSA) is 96.0 Å². The van der Waals surface area contributed by atoms with Crippen molar-refractivity contribution in [3.05, 3.63) is 90.0 Å². The summed E-state index contributed by atoms with van der Waals surface area (Å²) >= 11 is 0. The minimum absolute atomic E-state index is 0.0433. The number of nitrogens with one attached hydrogen (secondary N) is 1. The SMILES string of the molecule is CCNC(=O)[C@@H](CC)N(Cc1ccccc1)C(=O)CN(c1cc(C)ccc1OC)S(=O)(=O)c1ccccc1. The van der Waals surface area contributed by atoms with Gasteiger partial charge in [0.05, 0.1) is 17.7 Å². The third kappa shape index (κ3) is 6.72. The number of nitrogens with zero attached hydrogens (tertiary/aromatic N) is 2. The molecule has 1 N–H and O–H groups in total. The lowest BCUT2D eigenvalue weighted by molar-refractivity contribution is -0.140. The number of likely N-dealkylation sites (N-methyl/N-ethyl adjacent to an activating group) is 1. The van der Waals surface area contributed by atoms with Crippen LogP contribution in [-0.4, -0.2) is 51.4 Å². The van der Waals surface area contributed by atoms with Gasteiger partial charge in [0.2, 0.25) is 11.8 Å². The predicted octanol–water partition coefficient (Wildman–Crippen LogP) is 4.14. The van der Waals surface area contributed by atoms with Gasteiger partial charge in [-0.05, 0) is 55.7 Å². The molecule has 3 aromatic rings. The summed E-state index contributed by atoms with van der Waals surface area (Å²) < 4.78 is 34.4. The molecule has 0 aliphatic heterocycles. The number of benzene rings is 3. The first kappa shape index (κ1) is 28.7. The van der Waals surface area contributed by atoms with Crippen molar-refractivity contribution >= 4 is 27.5 Å². The molecule has 2 amide bonds. The van der Waals surface area contributed by atoms with Gasteiger partial charge in [0.25, 0.3) is 10.0 Å². The number of sulfonamides is 1. The van der Waals surface area contributed by atoms with E-state index >= 15 is 0 Å². The second-order valence-electron chi connectivity index (χ2n) is 8.83. The summed E-state index contributed by atoms with van der Waals surface area (Å²) in [6.45, 7) is 5.53. The number of hydrogen-bond donors (Lipinski definition) is 1. The van der Waals surface area contributed by atoms with Gasteiger partial charge in [0.15, 0.2) is 0 Å². The Bertz CT molecular complexity index is 1330. The van der Waals surface area contributed by atoms with Gasteiger partial charge in [0, 0.05) is 13.1 Å². The molecular formula is C29H35N3O5S. The predicted molar refractivity (Wildman–Crippen MR) is 148 cm³/mol. The van der Waals surface area contributed by atoms with Crippen LogP contribution in [-0.2, 0) is 26.2 Å². The molecule has 38 heavy (non-hydrogen) atoms. The lowest BCUT2D eigenvalue weighted by atomic mass is 10.1. The van der Waals surface area contributed by atoms with Crippen molar-refractivity contribution in [2.24, 2.45) is 0 Å². The van der Waals surface area contributed by atoms with Crippen molar-refractivity contribution in [3.8, 4) is 5.75 Å². The molecule has 0 saturated carbocycles. The molecule has 8 nitrogen and oxygen atoms in total. The summed E-state index contributed by atoms with van der Waals surface area (Å²) in [5.74, 6) is -0.479. The molecule has 9 heteroatoms. The zero-order valence-electron chi connectivity index (χ0n) is 22.3. The van der Waals surface area contributed by atoms with E-state index in [0.717, 1.165) is 15.4 Å². The Kier molecular flexibility index (Phi) is 9.90. The van der Waals surface area contributed by atoms with E-state index in [2.05, 4.69) is 5.32 Å². The molecule has 202 valence electrons.